The number of aromatic nitrogens is 3. The van der Waals surface area contributed by atoms with Crippen LogP contribution >= 0.6 is 11.3 Å². The average Bonchev–Trinajstić information content (AvgIpc) is 2.94. The smallest absolute Gasteiger partial charge is 0.269 e. The summed E-state index contributed by atoms with van der Waals surface area (Å²) in [6, 6.07) is 1.49. The minimum atomic E-state index is -0.234. The number of nitrogen functional groups attached to an aromatic ring is 1. The van der Waals surface area contributed by atoms with Crippen molar-refractivity contribution < 1.29 is 4.79 Å². The van der Waals surface area contributed by atoms with Crippen molar-refractivity contribution in [1.29, 1.82) is 0 Å². The van der Waals surface area contributed by atoms with Crippen LogP contribution in [0.1, 0.15) is 27.3 Å². The van der Waals surface area contributed by atoms with Crippen LogP contribution < -0.4 is 11.1 Å². The van der Waals surface area contributed by atoms with Gasteiger partial charge < -0.3 is 11.1 Å². The molecular weight excluding hydrogens is 238 g/mol. The van der Waals surface area contributed by atoms with Gasteiger partial charge in [0.25, 0.3) is 5.91 Å². The second kappa shape index (κ2) is 4.96. The molecular formula is C10H13N5OS. The zero-order valence-electron chi connectivity index (χ0n) is 9.36. The van der Waals surface area contributed by atoms with E-state index < -0.39 is 0 Å². The molecule has 0 spiro atoms. The third-order valence-electron chi connectivity index (χ3n) is 2.19. The molecule has 0 aliphatic heterocycles. The van der Waals surface area contributed by atoms with E-state index in [1.54, 1.807) is 11.3 Å². The van der Waals surface area contributed by atoms with Gasteiger partial charge in [0.15, 0.2) is 0 Å². The molecule has 0 aromatic carbocycles. The van der Waals surface area contributed by atoms with Gasteiger partial charge in [0.05, 0.1) is 6.54 Å². The normalized spacial score (nSPS) is 10.4. The van der Waals surface area contributed by atoms with Crippen LogP contribution in [0.2, 0.25) is 0 Å². The van der Waals surface area contributed by atoms with Crippen molar-refractivity contribution in [3.63, 3.8) is 0 Å². The number of carbonyl (C=O) groups is 1. The van der Waals surface area contributed by atoms with Gasteiger partial charge >= 0.3 is 0 Å². The first-order chi connectivity index (χ1) is 8.19. The van der Waals surface area contributed by atoms with Crippen LogP contribution in [0.3, 0.4) is 0 Å². The highest BCUT2D eigenvalue weighted by Gasteiger charge is 2.09. The van der Waals surface area contributed by atoms with E-state index >= 15 is 0 Å². The number of rotatable bonds is 4. The summed E-state index contributed by atoms with van der Waals surface area (Å²) in [5.74, 6) is 0.0696. The van der Waals surface area contributed by atoms with Crippen LogP contribution in [0.4, 0.5) is 5.82 Å². The number of anilines is 1. The van der Waals surface area contributed by atoms with E-state index in [0.29, 0.717) is 18.1 Å². The molecule has 0 fully saturated rings. The van der Waals surface area contributed by atoms with Crippen molar-refractivity contribution in [3.8, 4) is 0 Å². The predicted molar refractivity (Wildman–Crippen MR) is 65.7 cm³/mol. The molecule has 0 radical (unpaired) electrons. The molecule has 2 rings (SSSR count). The largest absolute Gasteiger partial charge is 0.382 e. The lowest BCUT2D eigenvalue weighted by atomic mass is 10.4. The summed E-state index contributed by atoms with van der Waals surface area (Å²) in [6.07, 6.45) is 2.79. The molecule has 2 aromatic rings. The second-order valence-electron chi connectivity index (χ2n) is 3.46. The molecule has 2 aromatic heterocycles. The number of hydrogen-bond donors (Lipinski definition) is 3. The molecule has 6 nitrogen and oxygen atoms in total. The quantitative estimate of drug-likeness (QED) is 0.753. The minimum absolute atomic E-state index is 0.234. The van der Waals surface area contributed by atoms with Crippen molar-refractivity contribution in [3.05, 3.63) is 27.8 Å². The number of nitrogens with two attached hydrogens (primary N) is 1. The van der Waals surface area contributed by atoms with Gasteiger partial charge in [-0.2, -0.15) is 5.10 Å². The van der Waals surface area contributed by atoms with Gasteiger partial charge in [0.2, 0.25) is 0 Å². The molecule has 90 valence electrons. The Bertz CT molecular complexity index is 518. The number of aryl methyl sites for hydroxylation is 1. The zero-order chi connectivity index (χ0) is 12.3. The molecule has 0 atom stereocenters. The summed E-state index contributed by atoms with van der Waals surface area (Å²) in [5.41, 5.74) is 5.77. The lowest BCUT2D eigenvalue weighted by Gasteiger charge is -1.99. The number of nitrogens with one attached hydrogen (secondary N) is 2. The summed E-state index contributed by atoms with van der Waals surface area (Å²) < 4.78 is 0. The van der Waals surface area contributed by atoms with Crippen molar-refractivity contribution in [2.75, 3.05) is 5.73 Å². The maximum absolute atomic E-state index is 11.6. The molecule has 0 saturated heterocycles. The first kappa shape index (κ1) is 11.6. The Balaban J connectivity index is 1.92. The van der Waals surface area contributed by atoms with Crippen molar-refractivity contribution in [2.45, 2.75) is 19.9 Å². The highest BCUT2D eigenvalue weighted by Crippen LogP contribution is 2.13. The van der Waals surface area contributed by atoms with E-state index in [2.05, 4.69) is 27.4 Å². The van der Waals surface area contributed by atoms with Crippen molar-refractivity contribution >= 4 is 23.1 Å². The molecule has 0 aliphatic carbocycles. The topological polar surface area (TPSA) is 96.7 Å². The molecule has 7 heteroatoms. The number of hydrogen-bond acceptors (Lipinski definition) is 5. The number of amides is 1. The average molecular weight is 251 g/mol. The van der Waals surface area contributed by atoms with Crippen LogP contribution in [-0.2, 0) is 13.0 Å². The van der Waals surface area contributed by atoms with Crippen LogP contribution in [0.25, 0.3) is 0 Å². The highest BCUT2D eigenvalue weighted by atomic mass is 32.1. The molecule has 0 unspecified atom stereocenters. The SMILES string of the molecule is CCc1cnc(CNC(=O)c2cc(N)n[nH]2)s1. The maximum Gasteiger partial charge on any atom is 0.269 e. The van der Waals surface area contributed by atoms with Gasteiger partial charge in [0.1, 0.15) is 16.5 Å². The van der Waals surface area contributed by atoms with Gasteiger partial charge in [-0.15, -0.1) is 11.3 Å². The first-order valence-electron chi connectivity index (χ1n) is 5.21. The summed E-state index contributed by atoms with van der Waals surface area (Å²) in [5, 5.41) is 9.88. The van der Waals surface area contributed by atoms with Gasteiger partial charge in [-0.1, -0.05) is 6.92 Å². The molecule has 4 N–H and O–H groups in total. The predicted octanol–water partition coefficient (Wildman–Crippen LogP) is 0.941. The zero-order valence-corrected chi connectivity index (χ0v) is 10.2. The van der Waals surface area contributed by atoms with Gasteiger partial charge in [-0.3, -0.25) is 9.89 Å². The van der Waals surface area contributed by atoms with E-state index in [1.807, 2.05) is 6.20 Å². The Labute approximate surface area is 102 Å². The number of aromatic amines is 1. The van der Waals surface area contributed by atoms with E-state index in [1.165, 1.54) is 10.9 Å². The highest BCUT2D eigenvalue weighted by molar-refractivity contribution is 7.11. The van der Waals surface area contributed by atoms with Crippen LogP contribution in [0.5, 0.6) is 0 Å². The maximum atomic E-state index is 11.6. The summed E-state index contributed by atoms with van der Waals surface area (Å²) in [6.45, 7) is 2.49. The molecule has 17 heavy (non-hydrogen) atoms. The van der Waals surface area contributed by atoms with E-state index in [9.17, 15) is 4.79 Å². The Morgan fingerprint density at radius 3 is 3.06 bits per heavy atom. The van der Waals surface area contributed by atoms with Gasteiger partial charge in [-0.05, 0) is 6.42 Å². The van der Waals surface area contributed by atoms with E-state index in [-0.39, 0.29) is 5.91 Å². The Morgan fingerprint density at radius 1 is 1.65 bits per heavy atom. The number of thiazole rings is 1. The van der Waals surface area contributed by atoms with Crippen LogP contribution in [-0.4, -0.2) is 21.1 Å². The summed E-state index contributed by atoms with van der Waals surface area (Å²) >= 11 is 1.60. The van der Waals surface area contributed by atoms with Crippen molar-refractivity contribution in [2.24, 2.45) is 0 Å². The Kier molecular flexibility index (Phi) is 3.38. The summed E-state index contributed by atoms with van der Waals surface area (Å²) in [4.78, 5) is 17.1. The fourth-order valence-electron chi connectivity index (χ4n) is 1.30. The van der Waals surface area contributed by atoms with E-state index in [0.717, 1.165) is 11.4 Å². The minimum Gasteiger partial charge on any atom is -0.382 e. The van der Waals surface area contributed by atoms with Gasteiger partial charge in [0, 0.05) is 17.1 Å². The fourth-order valence-corrected chi connectivity index (χ4v) is 2.10. The third kappa shape index (κ3) is 2.82. The molecule has 0 aliphatic rings. The van der Waals surface area contributed by atoms with E-state index in [4.69, 9.17) is 5.73 Å². The lowest BCUT2D eigenvalue weighted by Crippen LogP contribution is -2.23. The summed E-state index contributed by atoms with van der Waals surface area (Å²) in [7, 11) is 0. The monoisotopic (exact) mass is 251 g/mol. The number of H-pyrrole nitrogens is 1. The Hall–Kier alpha value is -1.89. The molecule has 2 heterocycles. The van der Waals surface area contributed by atoms with Crippen LogP contribution in [0.15, 0.2) is 12.3 Å². The number of nitrogens with zero attached hydrogens (tertiary/aromatic N) is 2. The third-order valence-corrected chi connectivity index (χ3v) is 3.33. The second-order valence-corrected chi connectivity index (χ2v) is 4.66. The molecule has 0 saturated carbocycles. The van der Waals surface area contributed by atoms with Gasteiger partial charge in [-0.25, -0.2) is 4.98 Å². The first-order valence-corrected chi connectivity index (χ1v) is 6.03. The number of carbonyl (C=O) groups excluding carboxylic acids is 1. The standard InChI is InChI=1S/C10H13N5OS/c1-2-6-4-12-9(17-6)5-13-10(16)7-3-8(11)15-14-7/h3-4H,2,5H2,1H3,(H,13,16)(H3,11,14,15). The lowest BCUT2D eigenvalue weighted by molar-refractivity contribution is 0.0946. The van der Waals surface area contributed by atoms with Crippen LogP contribution in [0, 0.1) is 0 Å². The molecule has 1 amide bonds. The Morgan fingerprint density at radius 2 is 2.47 bits per heavy atom. The fraction of sp³-hybridized carbons (Fsp3) is 0.300. The molecule has 0 bridgehead atoms. The van der Waals surface area contributed by atoms with Crippen molar-refractivity contribution in [1.82, 2.24) is 20.5 Å².